The Morgan fingerprint density at radius 2 is 1.94 bits per heavy atom. The van der Waals surface area contributed by atoms with Crippen molar-refractivity contribution in [3.63, 3.8) is 0 Å². The van der Waals surface area contributed by atoms with Gasteiger partial charge in [0.1, 0.15) is 6.04 Å². The van der Waals surface area contributed by atoms with Gasteiger partial charge in [-0.25, -0.2) is 0 Å². The first-order valence-electron chi connectivity index (χ1n) is 4.87. The maximum Gasteiger partial charge on any atom is 0.245 e. The van der Waals surface area contributed by atoms with Crippen LogP contribution in [0.15, 0.2) is 42.7 Å². The normalized spacial score (nSPS) is 10.7. The Morgan fingerprint density at radius 3 is 2.50 bits per heavy atom. The van der Waals surface area contributed by atoms with Crippen LogP contribution in [0, 0.1) is 0 Å². The van der Waals surface area contributed by atoms with Crippen LogP contribution in [0.25, 0.3) is 0 Å². The van der Waals surface area contributed by atoms with Crippen molar-refractivity contribution in [1.29, 1.82) is 0 Å². The van der Waals surface area contributed by atoms with Gasteiger partial charge >= 0.3 is 0 Å². The fraction of sp³-hybridized carbons (Fsp3) is 0.0909. The molecule has 98 valence electrons. The second kappa shape index (κ2) is 7.71. The Kier molecular flexibility index (Phi) is 7.04. The number of carbonyl (C=O) groups excluding carboxylic acids is 1. The zero-order chi connectivity index (χ0) is 11.4. The summed E-state index contributed by atoms with van der Waals surface area (Å²) in [6, 6.07) is 8.54. The van der Waals surface area contributed by atoms with Crippen molar-refractivity contribution in [2.45, 2.75) is 6.04 Å². The summed E-state index contributed by atoms with van der Waals surface area (Å²) in [5.41, 5.74) is 7.20. The van der Waals surface area contributed by atoms with Crippen LogP contribution >= 0.6 is 24.8 Å². The molecular weight excluding hydrogens is 275 g/mol. The lowest BCUT2D eigenvalue weighted by atomic mass is 10.1. The Morgan fingerprint density at radius 1 is 1.28 bits per heavy atom. The maximum absolute atomic E-state index is 11.7. The zero-order valence-corrected chi connectivity index (χ0v) is 11.0. The van der Waals surface area contributed by atoms with Crippen molar-refractivity contribution in [2.24, 2.45) is 5.73 Å². The molecule has 0 aliphatic heterocycles. The molecule has 0 spiro atoms. The number of H-pyrrole nitrogens is 1. The van der Waals surface area contributed by atoms with Crippen molar-refractivity contribution >= 4 is 36.4 Å². The van der Waals surface area contributed by atoms with E-state index >= 15 is 0 Å². The molecule has 1 unspecified atom stereocenters. The molecule has 1 heterocycles. The van der Waals surface area contributed by atoms with Crippen LogP contribution in [0.5, 0.6) is 0 Å². The number of nitrogens with zero attached hydrogens (tertiary/aromatic N) is 1. The first-order chi connectivity index (χ1) is 7.77. The van der Waals surface area contributed by atoms with E-state index < -0.39 is 6.04 Å². The summed E-state index contributed by atoms with van der Waals surface area (Å²) in [6.07, 6.45) is 3.12. The molecule has 18 heavy (non-hydrogen) atoms. The maximum atomic E-state index is 11.7. The van der Waals surface area contributed by atoms with Crippen molar-refractivity contribution in [2.75, 3.05) is 5.32 Å². The predicted molar refractivity (Wildman–Crippen MR) is 75.1 cm³/mol. The number of benzene rings is 1. The molecule has 1 amide bonds. The Balaban J connectivity index is 0.00000144. The first-order valence-corrected chi connectivity index (χ1v) is 4.87. The highest BCUT2D eigenvalue weighted by molar-refractivity contribution is 5.95. The molecule has 0 radical (unpaired) electrons. The number of halogens is 2. The van der Waals surface area contributed by atoms with Crippen LogP contribution in [-0.4, -0.2) is 16.1 Å². The summed E-state index contributed by atoms with van der Waals surface area (Å²) in [5, 5.41) is 9.00. The van der Waals surface area contributed by atoms with E-state index in [4.69, 9.17) is 5.73 Å². The van der Waals surface area contributed by atoms with Crippen LogP contribution in [0.3, 0.4) is 0 Å². The molecule has 4 N–H and O–H groups in total. The summed E-state index contributed by atoms with van der Waals surface area (Å²) >= 11 is 0. The lowest BCUT2D eigenvalue weighted by Gasteiger charge is -2.10. The van der Waals surface area contributed by atoms with E-state index in [2.05, 4.69) is 15.5 Å². The van der Waals surface area contributed by atoms with Gasteiger partial charge in [-0.1, -0.05) is 30.3 Å². The molecule has 0 bridgehead atoms. The van der Waals surface area contributed by atoms with Crippen molar-refractivity contribution in [3.8, 4) is 0 Å². The number of nitrogens with two attached hydrogens (primary N) is 1. The number of amides is 1. The molecule has 2 rings (SSSR count). The van der Waals surface area contributed by atoms with Crippen LogP contribution in [-0.2, 0) is 4.79 Å². The van der Waals surface area contributed by atoms with Gasteiger partial charge in [0.15, 0.2) is 0 Å². The number of hydrogen-bond acceptors (Lipinski definition) is 3. The Bertz CT molecular complexity index is 461. The molecular formula is C11H14Cl2N4O. The van der Waals surface area contributed by atoms with Gasteiger partial charge in [0.2, 0.25) is 5.91 Å². The van der Waals surface area contributed by atoms with Crippen LogP contribution < -0.4 is 11.1 Å². The first kappa shape index (κ1) is 16.4. The summed E-state index contributed by atoms with van der Waals surface area (Å²) in [6.45, 7) is 0. The number of nitrogens with one attached hydrogen (secondary N) is 2. The molecule has 5 nitrogen and oxygen atoms in total. The molecule has 0 aliphatic carbocycles. The highest BCUT2D eigenvalue weighted by Gasteiger charge is 2.15. The topological polar surface area (TPSA) is 83.8 Å². The average Bonchev–Trinajstić information content (AvgIpc) is 2.82. The number of aromatic nitrogens is 2. The van der Waals surface area contributed by atoms with E-state index in [0.717, 1.165) is 5.56 Å². The van der Waals surface area contributed by atoms with Crippen LogP contribution in [0.4, 0.5) is 5.69 Å². The lowest BCUT2D eigenvalue weighted by Crippen LogP contribution is -2.27. The molecule has 2 aromatic rings. The quantitative estimate of drug-likeness (QED) is 0.806. The predicted octanol–water partition coefficient (Wildman–Crippen LogP) is 1.89. The number of aromatic amines is 1. The van der Waals surface area contributed by atoms with Crippen LogP contribution in [0.1, 0.15) is 11.6 Å². The molecule has 0 saturated heterocycles. The second-order valence-electron chi connectivity index (χ2n) is 3.36. The summed E-state index contributed by atoms with van der Waals surface area (Å²) in [4.78, 5) is 11.7. The van der Waals surface area contributed by atoms with Crippen LogP contribution in [0.2, 0.25) is 0 Å². The van der Waals surface area contributed by atoms with E-state index in [1.165, 1.54) is 6.20 Å². The Hall–Kier alpha value is -1.56. The Labute approximate surface area is 117 Å². The van der Waals surface area contributed by atoms with E-state index in [1.807, 2.05) is 30.3 Å². The van der Waals surface area contributed by atoms with Gasteiger partial charge in [-0.2, -0.15) is 5.10 Å². The fourth-order valence-electron chi connectivity index (χ4n) is 1.35. The minimum atomic E-state index is -0.670. The van der Waals surface area contributed by atoms with E-state index in [-0.39, 0.29) is 30.7 Å². The third kappa shape index (κ3) is 4.03. The van der Waals surface area contributed by atoms with E-state index in [1.54, 1.807) is 6.20 Å². The SMILES string of the molecule is Cl.Cl.NC(C(=O)Nc1cn[nH]c1)c1ccccc1. The fourth-order valence-corrected chi connectivity index (χ4v) is 1.35. The standard InChI is InChI=1S/C11H12N4O.2ClH/c12-10(8-4-2-1-3-5-8)11(16)15-9-6-13-14-7-9;;/h1-7,10H,12H2,(H,13,14)(H,15,16);2*1H. The number of anilines is 1. The monoisotopic (exact) mass is 288 g/mol. The lowest BCUT2D eigenvalue weighted by molar-refractivity contribution is -0.117. The molecule has 1 aromatic heterocycles. The number of carbonyl (C=O) groups is 1. The molecule has 0 fully saturated rings. The molecule has 7 heteroatoms. The zero-order valence-electron chi connectivity index (χ0n) is 9.37. The van der Waals surface area contributed by atoms with Crippen molar-refractivity contribution < 1.29 is 4.79 Å². The molecule has 0 saturated carbocycles. The van der Waals surface area contributed by atoms with Gasteiger partial charge < -0.3 is 11.1 Å². The summed E-state index contributed by atoms with van der Waals surface area (Å²) < 4.78 is 0. The third-order valence-corrected chi connectivity index (χ3v) is 2.21. The molecule has 0 aliphatic rings. The largest absolute Gasteiger partial charge is 0.322 e. The van der Waals surface area contributed by atoms with Gasteiger partial charge in [0.25, 0.3) is 0 Å². The molecule has 1 aromatic carbocycles. The highest BCUT2D eigenvalue weighted by atomic mass is 35.5. The average molecular weight is 289 g/mol. The summed E-state index contributed by atoms with van der Waals surface area (Å²) in [7, 11) is 0. The van der Waals surface area contributed by atoms with Gasteiger partial charge in [-0.05, 0) is 5.56 Å². The van der Waals surface area contributed by atoms with Crippen molar-refractivity contribution in [1.82, 2.24) is 10.2 Å². The summed E-state index contributed by atoms with van der Waals surface area (Å²) in [5.74, 6) is -0.257. The van der Waals surface area contributed by atoms with Gasteiger partial charge in [-0.3, -0.25) is 9.89 Å². The number of rotatable bonds is 3. The molecule has 1 atom stereocenters. The van der Waals surface area contributed by atoms with Gasteiger partial charge in [-0.15, -0.1) is 24.8 Å². The van der Waals surface area contributed by atoms with E-state index in [0.29, 0.717) is 5.69 Å². The van der Waals surface area contributed by atoms with E-state index in [9.17, 15) is 4.79 Å². The van der Waals surface area contributed by atoms with Gasteiger partial charge in [0, 0.05) is 6.20 Å². The minimum absolute atomic E-state index is 0. The second-order valence-corrected chi connectivity index (χ2v) is 3.36. The number of hydrogen-bond donors (Lipinski definition) is 3. The highest BCUT2D eigenvalue weighted by Crippen LogP contribution is 2.12. The smallest absolute Gasteiger partial charge is 0.245 e. The van der Waals surface area contributed by atoms with Gasteiger partial charge in [0.05, 0.1) is 11.9 Å². The van der Waals surface area contributed by atoms with Crippen molar-refractivity contribution in [3.05, 3.63) is 48.3 Å². The minimum Gasteiger partial charge on any atom is -0.322 e. The third-order valence-electron chi connectivity index (χ3n) is 2.21.